The van der Waals surface area contributed by atoms with Gasteiger partial charge in [0.25, 0.3) is 0 Å². The number of Topliss-reactive ketones (excluding diaryl/α,β-unsaturated/α-hetero) is 1. The van der Waals surface area contributed by atoms with Gasteiger partial charge in [-0.1, -0.05) is 19.9 Å². The molecule has 0 unspecified atom stereocenters. The van der Waals surface area contributed by atoms with E-state index in [1.54, 1.807) is 6.08 Å². The van der Waals surface area contributed by atoms with Crippen LogP contribution in [0.3, 0.4) is 0 Å². The molecule has 0 atom stereocenters. The minimum absolute atomic E-state index is 0.288. The predicted octanol–water partition coefficient (Wildman–Crippen LogP) is 1.91. The van der Waals surface area contributed by atoms with E-state index in [9.17, 15) is 4.79 Å². The summed E-state index contributed by atoms with van der Waals surface area (Å²) in [6.45, 7) is 8.66. The number of nitrogens with one attached hydrogen (secondary N) is 1. The topological polar surface area (TPSA) is 29.1 Å². The van der Waals surface area contributed by atoms with Gasteiger partial charge in [-0.25, -0.2) is 0 Å². The molecule has 0 amide bonds. The van der Waals surface area contributed by atoms with Crippen molar-refractivity contribution in [2.45, 2.75) is 39.2 Å². The van der Waals surface area contributed by atoms with Crippen LogP contribution in [0.15, 0.2) is 12.7 Å². The van der Waals surface area contributed by atoms with Crippen molar-refractivity contribution in [3.8, 4) is 0 Å². The molecule has 0 fully saturated rings. The zero-order valence-electron chi connectivity index (χ0n) is 8.10. The number of carbonyl (C=O) groups is 1. The first-order valence-electron chi connectivity index (χ1n) is 4.52. The van der Waals surface area contributed by atoms with Crippen LogP contribution < -0.4 is 5.32 Å². The second-order valence-corrected chi connectivity index (χ2v) is 3.24. The molecule has 0 saturated heterocycles. The molecule has 2 nitrogen and oxygen atoms in total. The zero-order valence-corrected chi connectivity index (χ0v) is 8.10. The molecule has 2 heteroatoms. The Kier molecular flexibility index (Phi) is 6.67. The number of hydrogen-bond donors (Lipinski definition) is 1. The van der Waals surface area contributed by atoms with E-state index in [1.165, 1.54) is 0 Å². The van der Waals surface area contributed by atoms with Gasteiger partial charge in [0, 0.05) is 18.9 Å². The van der Waals surface area contributed by atoms with Gasteiger partial charge in [0.1, 0.15) is 5.78 Å². The fourth-order valence-corrected chi connectivity index (χ4v) is 0.939. The van der Waals surface area contributed by atoms with Gasteiger partial charge >= 0.3 is 0 Å². The zero-order chi connectivity index (χ0) is 9.40. The lowest BCUT2D eigenvalue weighted by atomic mass is 10.1. The number of allylic oxidation sites excluding steroid dienone is 1. The third-order valence-corrected chi connectivity index (χ3v) is 1.56. The summed E-state index contributed by atoms with van der Waals surface area (Å²) < 4.78 is 0. The molecule has 0 aliphatic rings. The van der Waals surface area contributed by atoms with Gasteiger partial charge in [0.05, 0.1) is 0 Å². The minimum atomic E-state index is 0.288. The first-order valence-corrected chi connectivity index (χ1v) is 4.52. The van der Waals surface area contributed by atoms with E-state index in [0.29, 0.717) is 18.9 Å². The summed E-state index contributed by atoms with van der Waals surface area (Å²) in [6.07, 6.45) is 3.79. The first kappa shape index (κ1) is 11.4. The average Bonchev–Trinajstić information content (AvgIpc) is 1.98. The van der Waals surface area contributed by atoms with Crippen LogP contribution in [0, 0.1) is 0 Å². The molecular formula is C10H19NO. The van der Waals surface area contributed by atoms with E-state index < -0.39 is 0 Å². The molecule has 0 rings (SSSR count). The van der Waals surface area contributed by atoms with Crippen molar-refractivity contribution in [3.63, 3.8) is 0 Å². The highest BCUT2D eigenvalue weighted by atomic mass is 16.1. The van der Waals surface area contributed by atoms with Crippen molar-refractivity contribution >= 4 is 5.78 Å². The molecule has 0 aliphatic heterocycles. The summed E-state index contributed by atoms with van der Waals surface area (Å²) in [5.41, 5.74) is 0. The van der Waals surface area contributed by atoms with E-state index in [-0.39, 0.29) is 5.78 Å². The van der Waals surface area contributed by atoms with Crippen LogP contribution in [0.2, 0.25) is 0 Å². The summed E-state index contributed by atoms with van der Waals surface area (Å²) in [6, 6.07) is 0.513. The summed E-state index contributed by atoms with van der Waals surface area (Å²) in [4.78, 5) is 11.0. The van der Waals surface area contributed by atoms with Gasteiger partial charge in [0.2, 0.25) is 0 Å². The normalized spacial score (nSPS) is 10.2. The highest BCUT2D eigenvalue weighted by Gasteiger charge is 1.98. The Bertz CT molecular complexity index is 141. The van der Waals surface area contributed by atoms with E-state index in [2.05, 4.69) is 25.7 Å². The number of hydrogen-bond acceptors (Lipinski definition) is 2. The highest BCUT2D eigenvalue weighted by molar-refractivity contribution is 5.79. The summed E-state index contributed by atoms with van der Waals surface area (Å²) in [5.74, 6) is 0.288. The standard InChI is InChI=1S/C10H19NO/c1-4-6-10(12)7-5-8-11-9(2)3/h4,9,11H,1,5-8H2,2-3H3. The van der Waals surface area contributed by atoms with Crippen LogP contribution in [0.4, 0.5) is 0 Å². The summed E-state index contributed by atoms with van der Waals surface area (Å²) in [7, 11) is 0. The molecule has 0 aliphatic carbocycles. The molecule has 70 valence electrons. The summed E-state index contributed by atoms with van der Waals surface area (Å²) in [5, 5.41) is 3.26. The Labute approximate surface area is 75.0 Å². The largest absolute Gasteiger partial charge is 0.315 e. The molecule has 0 radical (unpaired) electrons. The molecule has 0 bridgehead atoms. The van der Waals surface area contributed by atoms with Crippen molar-refractivity contribution in [1.82, 2.24) is 5.32 Å². The molecule has 0 aromatic heterocycles. The Balaban J connectivity index is 3.19. The lowest BCUT2D eigenvalue weighted by Gasteiger charge is -2.06. The third-order valence-electron chi connectivity index (χ3n) is 1.56. The molecule has 1 N–H and O–H groups in total. The maximum absolute atomic E-state index is 11.0. The van der Waals surface area contributed by atoms with Crippen LogP contribution in [-0.4, -0.2) is 18.4 Å². The minimum Gasteiger partial charge on any atom is -0.315 e. The number of carbonyl (C=O) groups excluding carboxylic acids is 1. The van der Waals surface area contributed by atoms with Crippen molar-refractivity contribution in [2.75, 3.05) is 6.54 Å². The second kappa shape index (κ2) is 7.04. The van der Waals surface area contributed by atoms with Crippen molar-refractivity contribution in [2.24, 2.45) is 0 Å². The molecule has 0 saturated carbocycles. The van der Waals surface area contributed by atoms with Crippen LogP contribution in [0.1, 0.15) is 33.1 Å². The first-order chi connectivity index (χ1) is 5.66. The molecule has 0 aromatic carbocycles. The van der Waals surface area contributed by atoms with Gasteiger partial charge in [0.15, 0.2) is 0 Å². The van der Waals surface area contributed by atoms with E-state index >= 15 is 0 Å². The predicted molar refractivity (Wildman–Crippen MR) is 52.2 cm³/mol. The van der Waals surface area contributed by atoms with Gasteiger partial charge in [-0.05, 0) is 13.0 Å². The second-order valence-electron chi connectivity index (χ2n) is 3.24. The fourth-order valence-electron chi connectivity index (χ4n) is 0.939. The lowest BCUT2D eigenvalue weighted by molar-refractivity contribution is -0.118. The Morgan fingerprint density at radius 2 is 2.25 bits per heavy atom. The van der Waals surface area contributed by atoms with Crippen LogP contribution in [0.5, 0.6) is 0 Å². The molecule has 0 spiro atoms. The Morgan fingerprint density at radius 3 is 2.75 bits per heavy atom. The van der Waals surface area contributed by atoms with E-state index in [1.807, 2.05) is 0 Å². The Morgan fingerprint density at radius 1 is 1.58 bits per heavy atom. The quantitative estimate of drug-likeness (QED) is 0.466. The lowest BCUT2D eigenvalue weighted by Crippen LogP contribution is -2.24. The SMILES string of the molecule is C=CCC(=O)CCCNC(C)C. The number of rotatable bonds is 7. The van der Waals surface area contributed by atoms with Gasteiger partial charge in [-0.3, -0.25) is 4.79 Å². The van der Waals surface area contributed by atoms with Crippen molar-refractivity contribution in [1.29, 1.82) is 0 Å². The van der Waals surface area contributed by atoms with Crippen LogP contribution in [0.25, 0.3) is 0 Å². The van der Waals surface area contributed by atoms with Crippen LogP contribution in [-0.2, 0) is 4.79 Å². The molecule has 0 heterocycles. The van der Waals surface area contributed by atoms with Gasteiger partial charge in [-0.2, -0.15) is 0 Å². The molecular weight excluding hydrogens is 150 g/mol. The molecule has 12 heavy (non-hydrogen) atoms. The van der Waals surface area contributed by atoms with E-state index in [4.69, 9.17) is 0 Å². The van der Waals surface area contributed by atoms with E-state index in [0.717, 1.165) is 13.0 Å². The Hall–Kier alpha value is -0.630. The van der Waals surface area contributed by atoms with Crippen molar-refractivity contribution < 1.29 is 4.79 Å². The number of ketones is 1. The van der Waals surface area contributed by atoms with Gasteiger partial charge in [-0.15, -0.1) is 6.58 Å². The monoisotopic (exact) mass is 169 g/mol. The van der Waals surface area contributed by atoms with Gasteiger partial charge < -0.3 is 5.32 Å². The smallest absolute Gasteiger partial charge is 0.136 e. The highest BCUT2D eigenvalue weighted by Crippen LogP contribution is 1.94. The average molecular weight is 169 g/mol. The van der Waals surface area contributed by atoms with Crippen molar-refractivity contribution in [3.05, 3.63) is 12.7 Å². The maximum Gasteiger partial charge on any atom is 0.136 e. The third kappa shape index (κ3) is 7.48. The molecule has 0 aromatic rings. The van der Waals surface area contributed by atoms with Crippen LogP contribution >= 0.6 is 0 Å². The maximum atomic E-state index is 11.0. The fraction of sp³-hybridized carbons (Fsp3) is 0.700. The summed E-state index contributed by atoms with van der Waals surface area (Å²) >= 11 is 0.